The Morgan fingerprint density at radius 2 is 1.24 bits per heavy atom. The summed E-state index contributed by atoms with van der Waals surface area (Å²) in [6, 6.07) is -0.0951. The summed E-state index contributed by atoms with van der Waals surface area (Å²) in [6.45, 7) is 0. The predicted molar refractivity (Wildman–Crippen MR) is 43.0 cm³/mol. The van der Waals surface area contributed by atoms with Crippen molar-refractivity contribution in [2.45, 2.75) is 12.4 Å². The molecule has 0 bridgehead atoms. The number of halogens is 7. The van der Waals surface area contributed by atoms with Gasteiger partial charge in [-0.15, -0.1) is 0 Å². The average molecular weight is 262 g/mol. The molecule has 0 saturated heterocycles. The minimum Gasteiger partial charge on any atom is -0.495 e. The Labute approximate surface area is 90.8 Å². The van der Waals surface area contributed by atoms with Crippen LogP contribution in [0.15, 0.2) is 12.1 Å². The highest BCUT2D eigenvalue weighted by molar-refractivity contribution is 5.45. The van der Waals surface area contributed by atoms with E-state index in [9.17, 15) is 30.7 Å². The zero-order valence-corrected chi connectivity index (χ0v) is 8.21. The molecule has 0 aliphatic rings. The van der Waals surface area contributed by atoms with E-state index in [4.69, 9.17) is 0 Å². The van der Waals surface area contributed by atoms with E-state index in [0.29, 0.717) is 7.11 Å². The predicted octanol–water partition coefficient (Wildman–Crippen LogP) is 3.87. The molecule has 0 amide bonds. The lowest BCUT2D eigenvalue weighted by atomic mass is 10.1. The zero-order valence-electron chi connectivity index (χ0n) is 8.21. The monoisotopic (exact) mass is 262 g/mol. The van der Waals surface area contributed by atoms with Crippen LogP contribution in [-0.4, -0.2) is 7.11 Å². The molecule has 0 fully saturated rings. The molecule has 0 aliphatic carbocycles. The Kier molecular flexibility index (Phi) is 3.26. The number of hydrogen-bond donors (Lipinski definition) is 0. The fourth-order valence-corrected chi connectivity index (χ4v) is 1.23. The van der Waals surface area contributed by atoms with Gasteiger partial charge in [0.25, 0.3) is 0 Å². The minimum atomic E-state index is -5.13. The number of hydrogen-bond acceptors (Lipinski definition) is 1. The summed E-state index contributed by atoms with van der Waals surface area (Å²) in [4.78, 5) is 0. The highest BCUT2D eigenvalue weighted by atomic mass is 19.4. The van der Waals surface area contributed by atoms with Crippen molar-refractivity contribution >= 4 is 0 Å². The molecule has 0 N–H and O–H groups in total. The second kappa shape index (κ2) is 4.08. The Balaban J connectivity index is 3.58. The van der Waals surface area contributed by atoms with Crippen molar-refractivity contribution in [1.82, 2.24) is 0 Å². The van der Waals surface area contributed by atoms with Crippen molar-refractivity contribution in [1.29, 1.82) is 0 Å². The Hall–Kier alpha value is -1.47. The summed E-state index contributed by atoms with van der Waals surface area (Å²) in [7, 11) is 0.651. The van der Waals surface area contributed by atoms with Crippen LogP contribution in [0, 0.1) is 5.82 Å². The fourth-order valence-electron chi connectivity index (χ4n) is 1.23. The molecular weight excluding hydrogens is 257 g/mol. The van der Waals surface area contributed by atoms with Gasteiger partial charge >= 0.3 is 12.4 Å². The Bertz CT molecular complexity index is 383. The van der Waals surface area contributed by atoms with Crippen LogP contribution < -0.4 is 4.74 Å². The molecule has 0 atom stereocenters. The summed E-state index contributed by atoms with van der Waals surface area (Å²) >= 11 is 0. The van der Waals surface area contributed by atoms with Crippen LogP contribution in [0.25, 0.3) is 0 Å². The molecule has 1 aromatic rings. The standard InChI is InChI=1S/C9H5F7O/c1-17-7-5(8(11,12)13)2-4(10)3-6(7)9(14,15)16/h2-3H,1H3. The topological polar surface area (TPSA) is 9.23 Å². The van der Waals surface area contributed by atoms with Gasteiger partial charge in [0.2, 0.25) is 0 Å². The molecule has 1 aromatic carbocycles. The number of methoxy groups -OCH3 is 1. The van der Waals surface area contributed by atoms with Crippen molar-refractivity contribution in [3.63, 3.8) is 0 Å². The van der Waals surface area contributed by atoms with Gasteiger partial charge in [-0.05, 0) is 12.1 Å². The van der Waals surface area contributed by atoms with E-state index >= 15 is 0 Å². The normalized spacial score (nSPS) is 12.7. The van der Waals surface area contributed by atoms with E-state index in [0.717, 1.165) is 0 Å². The molecule has 0 aliphatic heterocycles. The van der Waals surface area contributed by atoms with Crippen LogP contribution in [0.4, 0.5) is 30.7 Å². The molecule has 8 heteroatoms. The van der Waals surface area contributed by atoms with Gasteiger partial charge in [-0.25, -0.2) is 4.39 Å². The molecular formula is C9H5F7O. The third-order valence-corrected chi connectivity index (χ3v) is 1.87. The Morgan fingerprint density at radius 3 is 1.47 bits per heavy atom. The van der Waals surface area contributed by atoms with Gasteiger partial charge in [0.1, 0.15) is 22.7 Å². The van der Waals surface area contributed by atoms with Crippen molar-refractivity contribution in [3.05, 3.63) is 29.1 Å². The van der Waals surface area contributed by atoms with Crippen LogP contribution in [-0.2, 0) is 12.4 Å². The quantitative estimate of drug-likeness (QED) is 0.698. The van der Waals surface area contributed by atoms with Gasteiger partial charge in [0.15, 0.2) is 0 Å². The smallest absolute Gasteiger partial charge is 0.420 e. The first-order valence-electron chi connectivity index (χ1n) is 4.09. The Morgan fingerprint density at radius 1 is 0.882 bits per heavy atom. The van der Waals surface area contributed by atoms with E-state index in [1.165, 1.54) is 0 Å². The molecule has 17 heavy (non-hydrogen) atoms. The second-order valence-corrected chi connectivity index (χ2v) is 3.03. The molecule has 0 heterocycles. The third kappa shape index (κ3) is 2.80. The van der Waals surface area contributed by atoms with E-state index in [1.54, 1.807) is 0 Å². The number of benzene rings is 1. The minimum absolute atomic E-state index is 0.0475. The number of alkyl halides is 6. The summed E-state index contributed by atoms with van der Waals surface area (Å²) in [6.07, 6.45) is -10.3. The highest BCUT2D eigenvalue weighted by Gasteiger charge is 2.42. The van der Waals surface area contributed by atoms with E-state index < -0.39 is 35.0 Å². The van der Waals surface area contributed by atoms with Gasteiger partial charge in [0, 0.05) is 0 Å². The number of ether oxygens (including phenoxy) is 1. The summed E-state index contributed by atoms with van der Waals surface area (Å²) in [5.74, 6) is -3.07. The average Bonchev–Trinajstić information content (AvgIpc) is 2.13. The lowest BCUT2D eigenvalue weighted by Crippen LogP contribution is -2.14. The van der Waals surface area contributed by atoms with Crippen LogP contribution in [0.5, 0.6) is 5.75 Å². The maximum atomic E-state index is 12.7. The van der Waals surface area contributed by atoms with E-state index in [2.05, 4.69) is 4.74 Å². The van der Waals surface area contributed by atoms with Crippen LogP contribution >= 0.6 is 0 Å². The molecule has 1 nitrogen and oxygen atoms in total. The molecule has 1 rings (SSSR count). The van der Waals surface area contributed by atoms with E-state index in [1.807, 2.05) is 0 Å². The first-order valence-corrected chi connectivity index (χ1v) is 4.09. The SMILES string of the molecule is COc1c(C(F)(F)F)cc(F)cc1C(F)(F)F. The maximum Gasteiger partial charge on any atom is 0.420 e. The van der Waals surface area contributed by atoms with Gasteiger partial charge in [0.05, 0.1) is 7.11 Å². The molecule has 0 radical (unpaired) electrons. The van der Waals surface area contributed by atoms with Crippen molar-refractivity contribution < 1.29 is 35.5 Å². The molecule has 0 spiro atoms. The molecule has 96 valence electrons. The number of rotatable bonds is 1. The van der Waals surface area contributed by atoms with E-state index in [-0.39, 0.29) is 12.1 Å². The van der Waals surface area contributed by atoms with Crippen LogP contribution in [0.3, 0.4) is 0 Å². The van der Waals surface area contributed by atoms with Gasteiger partial charge in [-0.1, -0.05) is 0 Å². The molecule has 0 aromatic heterocycles. The summed E-state index contributed by atoms with van der Waals surface area (Å²) in [5, 5.41) is 0. The first kappa shape index (κ1) is 13.6. The van der Waals surface area contributed by atoms with Crippen molar-refractivity contribution in [2.75, 3.05) is 7.11 Å². The molecule has 0 saturated carbocycles. The van der Waals surface area contributed by atoms with Crippen molar-refractivity contribution in [3.8, 4) is 5.75 Å². The van der Waals surface area contributed by atoms with Gasteiger partial charge in [-0.2, -0.15) is 26.3 Å². The van der Waals surface area contributed by atoms with Gasteiger partial charge in [-0.3, -0.25) is 0 Å². The summed E-state index contributed by atoms with van der Waals surface area (Å²) < 4.78 is 91.0. The third-order valence-electron chi connectivity index (χ3n) is 1.87. The largest absolute Gasteiger partial charge is 0.495 e. The van der Waals surface area contributed by atoms with Crippen LogP contribution in [0.2, 0.25) is 0 Å². The van der Waals surface area contributed by atoms with Crippen molar-refractivity contribution in [2.24, 2.45) is 0 Å². The second-order valence-electron chi connectivity index (χ2n) is 3.03. The first-order chi connectivity index (χ1) is 7.57. The lowest BCUT2D eigenvalue weighted by molar-refractivity contribution is -0.145. The van der Waals surface area contributed by atoms with Gasteiger partial charge < -0.3 is 4.74 Å². The highest BCUT2D eigenvalue weighted by Crippen LogP contribution is 2.44. The molecule has 0 unspecified atom stereocenters. The van der Waals surface area contributed by atoms with Crippen LogP contribution in [0.1, 0.15) is 11.1 Å². The zero-order chi connectivity index (χ0) is 13.4. The fraction of sp³-hybridized carbons (Fsp3) is 0.333. The maximum absolute atomic E-state index is 12.7. The summed E-state index contributed by atoms with van der Waals surface area (Å²) in [5.41, 5.74) is -3.60. The lowest BCUT2D eigenvalue weighted by Gasteiger charge is -2.17.